The zero-order chi connectivity index (χ0) is 17.8. The number of nitrogens with one attached hydrogen (secondary N) is 1. The van der Waals surface area contributed by atoms with E-state index in [0.29, 0.717) is 29.4 Å². The first-order valence-electron chi connectivity index (χ1n) is 7.92. The van der Waals surface area contributed by atoms with Gasteiger partial charge >= 0.3 is 0 Å². The minimum atomic E-state index is -0.0746. The smallest absolute Gasteiger partial charge is 0.224 e. The number of hydrogen-bond acceptors (Lipinski definition) is 4. The minimum absolute atomic E-state index is 0.0746. The van der Waals surface area contributed by atoms with E-state index in [9.17, 15) is 4.79 Å². The van der Waals surface area contributed by atoms with Crippen LogP contribution in [0.3, 0.4) is 0 Å². The van der Waals surface area contributed by atoms with Gasteiger partial charge in [-0.2, -0.15) is 0 Å². The first kappa shape index (κ1) is 17.2. The molecule has 0 aliphatic heterocycles. The number of pyridine rings is 1. The summed E-state index contributed by atoms with van der Waals surface area (Å²) in [6.07, 6.45) is 0.308. The fourth-order valence-electron chi connectivity index (χ4n) is 2.61. The average molecular weight is 356 g/mol. The van der Waals surface area contributed by atoms with E-state index in [1.807, 2.05) is 44.2 Å². The quantitative estimate of drug-likeness (QED) is 0.754. The van der Waals surface area contributed by atoms with Crippen LogP contribution in [0.15, 0.2) is 47.0 Å². The first-order chi connectivity index (χ1) is 12.0. The van der Waals surface area contributed by atoms with Gasteiger partial charge in [0.25, 0.3) is 0 Å². The van der Waals surface area contributed by atoms with Crippen LogP contribution in [0, 0.1) is 13.8 Å². The molecule has 0 aliphatic carbocycles. The number of nitrogens with zero attached hydrogens (tertiary/aromatic N) is 2. The molecule has 0 bridgehead atoms. The molecule has 0 spiro atoms. The molecule has 6 heteroatoms. The highest BCUT2D eigenvalue weighted by Crippen LogP contribution is 2.21. The molecule has 1 aromatic carbocycles. The van der Waals surface area contributed by atoms with Crippen molar-refractivity contribution in [2.24, 2.45) is 0 Å². The van der Waals surface area contributed by atoms with Gasteiger partial charge in [-0.15, -0.1) is 0 Å². The molecule has 25 heavy (non-hydrogen) atoms. The van der Waals surface area contributed by atoms with Crippen LogP contribution < -0.4 is 5.32 Å². The van der Waals surface area contributed by atoms with E-state index in [4.69, 9.17) is 16.1 Å². The molecule has 0 saturated carbocycles. The Bertz CT molecular complexity index is 868. The van der Waals surface area contributed by atoms with Gasteiger partial charge in [-0.25, -0.2) is 0 Å². The van der Waals surface area contributed by atoms with Crippen molar-refractivity contribution in [2.45, 2.75) is 26.8 Å². The lowest BCUT2D eigenvalue weighted by Crippen LogP contribution is -2.24. The molecule has 0 atom stereocenters. The second kappa shape index (κ2) is 7.49. The molecule has 0 unspecified atom stereocenters. The summed E-state index contributed by atoms with van der Waals surface area (Å²) in [6, 6.07) is 13.0. The van der Waals surface area contributed by atoms with Crippen molar-refractivity contribution in [3.8, 4) is 11.3 Å². The molecule has 2 aromatic heterocycles. The maximum absolute atomic E-state index is 12.1. The molecule has 3 rings (SSSR count). The van der Waals surface area contributed by atoms with Crippen LogP contribution in [0.5, 0.6) is 0 Å². The highest BCUT2D eigenvalue weighted by atomic mass is 35.5. The lowest BCUT2D eigenvalue weighted by molar-refractivity contribution is -0.120. The molecule has 0 saturated heterocycles. The van der Waals surface area contributed by atoms with Crippen molar-refractivity contribution >= 4 is 17.5 Å². The van der Waals surface area contributed by atoms with Crippen molar-refractivity contribution in [3.63, 3.8) is 0 Å². The van der Waals surface area contributed by atoms with Crippen LogP contribution in [0.2, 0.25) is 5.02 Å². The van der Waals surface area contributed by atoms with Gasteiger partial charge in [0.05, 0.1) is 13.0 Å². The summed E-state index contributed by atoms with van der Waals surface area (Å²) in [5.41, 5.74) is 4.38. The van der Waals surface area contributed by atoms with Crippen LogP contribution in [0.4, 0.5) is 0 Å². The van der Waals surface area contributed by atoms with Crippen molar-refractivity contribution in [2.75, 3.05) is 0 Å². The molecule has 5 nitrogen and oxygen atoms in total. The molecule has 0 aliphatic rings. The molecular weight excluding hydrogens is 338 g/mol. The second-order valence-corrected chi connectivity index (χ2v) is 6.33. The van der Waals surface area contributed by atoms with Gasteiger partial charge in [0.2, 0.25) is 5.91 Å². The number of carbonyl (C=O) groups is 1. The summed E-state index contributed by atoms with van der Waals surface area (Å²) in [7, 11) is 0. The molecule has 2 heterocycles. The number of aromatic nitrogens is 2. The number of amides is 1. The van der Waals surface area contributed by atoms with Gasteiger partial charge < -0.3 is 9.84 Å². The average Bonchev–Trinajstić information content (AvgIpc) is 3.01. The highest BCUT2D eigenvalue weighted by Gasteiger charge is 2.09. The van der Waals surface area contributed by atoms with Gasteiger partial charge in [-0.3, -0.25) is 9.78 Å². The fourth-order valence-corrected chi connectivity index (χ4v) is 2.74. The van der Waals surface area contributed by atoms with Gasteiger partial charge in [-0.05, 0) is 43.7 Å². The molecule has 1 amide bonds. The third-order valence-corrected chi connectivity index (χ3v) is 3.92. The Balaban J connectivity index is 1.58. The number of hydrogen-bond donors (Lipinski definition) is 1. The van der Waals surface area contributed by atoms with E-state index in [0.717, 1.165) is 22.5 Å². The predicted octanol–water partition coefficient (Wildman–Crippen LogP) is 3.87. The Morgan fingerprint density at radius 2 is 1.80 bits per heavy atom. The molecule has 0 fully saturated rings. The largest absolute Gasteiger partial charge is 0.359 e. The highest BCUT2D eigenvalue weighted by molar-refractivity contribution is 6.30. The van der Waals surface area contributed by atoms with E-state index in [1.165, 1.54) is 0 Å². The van der Waals surface area contributed by atoms with Crippen molar-refractivity contribution in [1.29, 1.82) is 0 Å². The van der Waals surface area contributed by atoms with Crippen LogP contribution in [-0.2, 0) is 17.8 Å². The minimum Gasteiger partial charge on any atom is -0.359 e. The second-order valence-electron chi connectivity index (χ2n) is 5.90. The van der Waals surface area contributed by atoms with Crippen LogP contribution in [0.25, 0.3) is 11.3 Å². The number of rotatable bonds is 5. The SMILES string of the molecule is Cc1cc(CC(=O)NCc2cc(-c3ccc(Cl)cc3)no2)cc(C)n1. The lowest BCUT2D eigenvalue weighted by Gasteiger charge is -2.05. The van der Waals surface area contributed by atoms with Crippen LogP contribution in [0.1, 0.15) is 22.7 Å². The first-order valence-corrected chi connectivity index (χ1v) is 8.30. The Morgan fingerprint density at radius 1 is 1.12 bits per heavy atom. The molecule has 128 valence electrons. The Morgan fingerprint density at radius 3 is 2.48 bits per heavy atom. The summed E-state index contributed by atoms with van der Waals surface area (Å²) in [5, 5.41) is 7.54. The number of carbonyl (C=O) groups excluding carboxylic acids is 1. The third-order valence-electron chi connectivity index (χ3n) is 3.66. The number of aryl methyl sites for hydroxylation is 2. The maximum atomic E-state index is 12.1. The Labute approximate surface area is 151 Å². The monoisotopic (exact) mass is 355 g/mol. The predicted molar refractivity (Wildman–Crippen MR) is 96.2 cm³/mol. The zero-order valence-corrected chi connectivity index (χ0v) is 14.8. The summed E-state index contributed by atoms with van der Waals surface area (Å²) >= 11 is 5.88. The summed E-state index contributed by atoms with van der Waals surface area (Å²) < 4.78 is 5.28. The molecule has 0 radical (unpaired) electrons. The third kappa shape index (κ3) is 4.67. The standard InChI is InChI=1S/C19H18ClN3O2/c1-12-7-14(8-13(2)22-12)9-19(24)21-11-17-10-18(23-25-17)15-3-5-16(20)6-4-15/h3-8,10H,9,11H2,1-2H3,(H,21,24). The van der Waals surface area contributed by atoms with E-state index in [1.54, 1.807) is 12.1 Å². The fraction of sp³-hybridized carbons (Fsp3) is 0.211. The van der Waals surface area contributed by atoms with Crippen LogP contribution >= 0.6 is 11.6 Å². The maximum Gasteiger partial charge on any atom is 0.224 e. The normalized spacial score (nSPS) is 10.7. The molecule has 3 aromatic rings. The summed E-state index contributed by atoms with van der Waals surface area (Å²) in [6.45, 7) is 4.13. The zero-order valence-electron chi connectivity index (χ0n) is 14.0. The van der Waals surface area contributed by atoms with Crippen LogP contribution in [-0.4, -0.2) is 16.0 Å². The number of benzene rings is 1. The Kier molecular flexibility index (Phi) is 5.14. The van der Waals surface area contributed by atoms with E-state index in [2.05, 4.69) is 15.5 Å². The van der Waals surface area contributed by atoms with Crippen molar-refractivity contribution in [3.05, 3.63) is 70.2 Å². The summed E-state index contributed by atoms with van der Waals surface area (Å²) in [5.74, 6) is 0.523. The molecule has 1 N–H and O–H groups in total. The van der Waals surface area contributed by atoms with Crippen molar-refractivity contribution < 1.29 is 9.32 Å². The van der Waals surface area contributed by atoms with E-state index < -0.39 is 0 Å². The van der Waals surface area contributed by atoms with E-state index >= 15 is 0 Å². The number of halogens is 1. The Hall–Kier alpha value is -2.66. The topological polar surface area (TPSA) is 68.0 Å². The van der Waals surface area contributed by atoms with Gasteiger partial charge in [0.1, 0.15) is 5.69 Å². The van der Waals surface area contributed by atoms with Crippen molar-refractivity contribution in [1.82, 2.24) is 15.5 Å². The summed E-state index contributed by atoms with van der Waals surface area (Å²) in [4.78, 5) is 16.4. The molecular formula is C19H18ClN3O2. The van der Waals surface area contributed by atoms with Gasteiger partial charge in [0, 0.05) is 28.0 Å². The van der Waals surface area contributed by atoms with Gasteiger partial charge in [0.15, 0.2) is 5.76 Å². The van der Waals surface area contributed by atoms with Gasteiger partial charge in [-0.1, -0.05) is 28.9 Å². The lowest BCUT2D eigenvalue weighted by atomic mass is 10.1. The van der Waals surface area contributed by atoms with E-state index in [-0.39, 0.29) is 5.91 Å².